The molecule has 1 amide bonds. The Labute approximate surface area is 85.8 Å². The molecule has 4 nitrogen and oxygen atoms in total. The van der Waals surface area contributed by atoms with Crippen molar-refractivity contribution in [1.29, 1.82) is 0 Å². The van der Waals surface area contributed by atoms with Gasteiger partial charge in [-0.1, -0.05) is 6.07 Å². The highest BCUT2D eigenvalue weighted by atomic mass is 16.6. The van der Waals surface area contributed by atoms with Crippen LogP contribution in [0.25, 0.3) is 11.0 Å². The maximum Gasteiger partial charge on any atom is 0.407 e. The van der Waals surface area contributed by atoms with E-state index in [9.17, 15) is 4.79 Å². The van der Waals surface area contributed by atoms with Crippen LogP contribution in [0, 0.1) is 0 Å². The van der Waals surface area contributed by atoms with Gasteiger partial charge in [0.05, 0.1) is 12.3 Å². The Morgan fingerprint density at radius 3 is 3.07 bits per heavy atom. The number of carbonyl (C=O) groups excluding carboxylic acids is 1. The van der Waals surface area contributed by atoms with Crippen molar-refractivity contribution in [1.82, 2.24) is 5.32 Å². The van der Waals surface area contributed by atoms with Crippen molar-refractivity contribution in [2.24, 2.45) is 0 Å². The van der Waals surface area contributed by atoms with Crippen molar-refractivity contribution in [2.75, 3.05) is 6.61 Å². The summed E-state index contributed by atoms with van der Waals surface area (Å²) in [6.07, 6.45) is 1.30. The van der Waals surface area contributed by atoms with Crippen LogP contribution in [-0.4, -0.2) is 12.7 Å². The summed E-state index contributed by atoms with van der Waals surface area (Å²) in [5.41, 5.74) is 1.89. The van der Waals surface area contributed by atoms with E-state index in [0.29, 0.717) is 6.61 Å². The SMILES string of the molecule is O=C1NC(c2ccc3occc3c2)CO1. The van der Waals surface area contributed by atoms with E-state index in [1.165, 1.54) is 0 Å². The third-order valence-electron chi connectivity index (χ3n) is 2.55. The number of furan rings is 1. The van der Waals surface area contributed by atoms with Crippen molar-refractivity contribution in [3.8, 4) is 0 Å². The average Bonchev–Trinajstić information content (AvgIpc) is 2.84. The Morgan fingerprint density at radius 2 is 2.27 bits per heavy atom. The highest BCUT2D eigenvalue weighted by molar-refractivity contribution is 5.78. The Morgan fingerprint density at radius 1 is 1.33 bits per heavy atom. The summed E-state index contributed by atoms with van der Waals surface area (Å²) in [7, 11) is 0. The monoisotopic (exact) mass is 203 g/mol. The number of fused-ring (bicyclic) bond motifs is 1. The second-order valence-corrected chi connectivity index (χ2v) is 3.51. The van der Waals surface area contributed by atoms with Crippen molar-refractivity contribution in [3.63, 3.8) is 0 Å². The summed E-state index contributed by atoms with van der Waals surface area (Å²) in [6.45, 7) is 0.391. The van der Waals surface area contributed by atoms with Crippen LogP contribution in [0.1, 0.15) is 11.6 Å². The smallest absolute Gasteiger partial charge is 0.407 e. The molecule has 1 aromatic carbocycles. The molecule has 0 bridgehead atoms. The Hall–Kier alpha value is -1.97. The fraction of sp³-hybridized carbons (Fsp3) is 0.182. The second kappa shape index (κ2) is 3.02. The lowest BCUT2D eigenvalue weighted by molar-refractivity contribution is 0.177. The molecule has 0 radical (unpaired) electrons. The number of alkyl carbamates (subject to hydrolysis) is 1. The molecule has 1 aliphatic rings. The molecule has 76 valence electrons. The van der Waals surface area contributed by atoms with E-state index in [1.807, 2.05) is 24.3 Å². The van der Waals surface area contributed by atoms with Crippen LogP contribution in [0.3, 0.4) is 0 Å². The number of hydrogen-bond donors (Lipinski definition) is 1. The molecule has 1 N–H and O–H groups in total. The highest BCUT2D eigenvalue weighted by Gasteiger charge is 2.23. The molecule has 1 atom stereocenters. The van der Waals surface area contributed by atoms with Gasteiger partial charge in [-0.15, -0.1) is 0 Å². The van der Waals surface area contributed by atoms with Crippen LogP contribution in [-0.2, 0) is 4.74 Å². The topological polar surface area (TPSA) is 51.5 Å². The van der Waals surface area contributed by atoms with Gasteiger partial charge >= 0.3 is 6.09 Å². The molecule has 3 rings (SSSR count). The first-order valence-corrected chi connectivity index (χ1v) is 4.73. The first-order valence-electron chi connectivity index (χ1n) is 4.73. The maximum atomic E-state index is 10.9. The number of hydrogen-bond acceptors (Lipinski definition) is 3. The van der Waals surface area contributed by atoms with Gasteiger partial charge in [-0.25, -0.2) is 4.79 Å². The standard InChI is InChI=1S/C11H9NO3/c13-11-12-9(6-15-11)7-1-2-10-8(5-7)3-4-14-10/h1-5,9H,6H2,(H,12,13). The Bertz CT molecular complexity index is 517. The van der Waals surface area contributed by atoms with E-state index in [4.69, 9.17) is 9.15 Å². The fourth-order valence-corrected chi connectivity index (χ4v) is 1.77. The molecule has 0 saturated carbocycles. The molecule has 0 aliphatic carbocycles. The van der Waals surface area contributed by atoms with Crippen molar-refractivity contribution in [3.05, 3.63) is 36.1 Å². The number of ether oxygens (including phenoxy) is 1. The van der Waals surface area contributed by atoms with Crippen LogP contribution in [0.15, 0.2) is 34.9 Å². The highest BCUT2D eigenvalue weighted by Crippen LogP contribution is 2.23. The third kappa shape index (κ3) is 1.34. The number of carbonyl (C=O) groups is 1. The van der Waals surface area contributed by atoms with Gasteiger partial charge in [0.1, 0.15) is 12.2 Å². The maximum absolute atomic E-state index is 10.9. The zero-order valence-corrected chi connectivity index (χ0v) is 7.90. The molecule has 1 aromatic heterocycles. The van der Waals surface area contributed by atoms with Crippen molar-refractivity contribution >= 4 is 17.1 Å². The zero-order valence-electron chi connectivity index (χ0n) is 7.90. The predicted molar refractivity (Wildman–Crippen MR) is 53.4 cm³/mol. The number of rotatable bonds is 1. The van der Waals surface area contributed by atoms with Crippen LogP contribution in [0.4, 0.5) is 4.79 Å². The van der Waals surface area contributed by atoms with Gasteiger partial charge in [0.25, 0.3) is 0 Å². The van der Waals surface area contributed by atoms with Gasteiger partial charge in [-0.2, -0.15) is 0 Å². The van der Waals surface area contributed by atoms with Crippen LogP contribution in [0.2, 0.25) is 0 Å². The van der Waals surface area contributed by atoms with Crippen LogP contribution < -0.4 is 5.32 Å². The summed E-state index contributed by atoms with van der Waals surface area (Å²) in [5.74, 6) is 0. The molecule has 15 heavy (non-hydrogen) atoms. The van der Waals surface area contributed by atoms with Gasteiger partial charge in [0, 0.05) is 5.39 Å². The van der Waals surface area contributed by atoms with Gasteiger partial charge < -0.3 is 14.5 Å². The van der Waals surface area contributed by atoms with E-state index in [0.717, 1.165) is 16.5 Å². The molecular weight excluding hydrogens is 194 g/mol. The van der Waals surface area contributed by atoms with Gasteiger partial charge in [-0.3, -0.25) is 0 Å². The summed E-state index contributed by atoms with van der Waals surface area (Å²) in [4.78, 5) is 10.9. The fourth-order valence-electron chi connectivity index (χ4n) is 1.77. The normalized spacial score (nSPS) is 20.3. The largest absolute Gasteiger partial charge is 0.464 e. The predicted octanol–water partition coefficient (Wildman–Crippen LogP) is 2.21. The Kier molecular flexibility index (Phi) is 1.68. The minimum Gasteiger partial charge on any atom is -0.464 e. The lowest BCUT2D eigenvalue weighted by Gasteiger charge is -2.06. The van der Waals surface area contributed by atoms with E-state index < -0.39 is 0 Å². The first kappa shape index (κ1) is 8.35. The van der Waals surface area contributed by atoms with E-state index in [-0.39, 0.29) is 12.1 Å². The molecule has 1 saturated heterocycles. The van der Waals surface area contributed by atoms with Gasteiger partial charge in [-0.05, 0) is 23.8 Å². The molecule has 4 heteroatoms. The number of benzene rings is 1. The zero-order chi connectivity index (χ0) is 10.3. The number of amides is 1. The summed E-state index contributed by atoms with van der Waals surface area (Å²) >= 11 is 0. The molecular formula is C11H9NO3. The minimum atomic E-state index is -0.354. The van der Waals surface area contributed by atoms with E-state index in [1.54, 1.807) is 6.26 Å². The van der Waals surface area contributed by atoms with Gasteiger partial charge in [0.15, 0.2) is 0 Å². The second-order valence-electron chi connectivity index (χ2n) is 3.51. The summed E-state index contributed by atoms with van der Waals surface area (Å²) in [6, 6.07) is 7.69. The molecule has 2 heterocycles. The lowest BCUT2D eigenvalue weighted by atomic mass is 10.1. The van der Waals surface area contributed by atoms with E-state index in [2.05, 4.69) is 5.32 Å². The number of cyclic esters (lactones) is 1. The van der Waals surface area contributed by atoms with E-state index >= 15 is 0 Å². The van der Waals surface area contributed by atoms with Crippen molar-refractivity contribution in [2.45, 2.75) is 6.04 Å². The molecule has 0 spiro atoms. The molecule has 1 unspecified atom stereocenters. The van der Waals surface area contributed by atoms with Gasteiger partial charge in [0.2, 0.25) is 0 Å². The lowest BCUT2D eigenvalue weighted by Crippen LogP contribution is -2.18. The van der Waals surface area contributed by atoms with Crippen LogP contribution >= 0.6 is 0 Å². The molecule has 1 fully saturated rings. The first-order chi connectivity index (χ1) is 7.33. The summed E-state index contributed by atoms with van der Waals surface area (Å²) < 4.78 is 10.1. The van der Waals surface area contributed by atoms with Crippen LogP contribution in [0.5, 0.6) is 0 Å². The average molecular weight is 203 g/mol. The van der Waals surface area contributed by atoms with Crippen molar-refractivity contribution < 1.29 is 13.9 Å². The molecule has 2 aromatic rings. The number of nitrogens with one attached hydrogen (secondary N) is 1. The quantitative estimate of drug-likeness (QED) is 0.773. The minimum absolute atomic E-state index is 0.0446. The molecule has 1 aliphatic heterocycles. The third-order valence-corrected chi connectivity index (χ3v) is 2.55. The Balaban J connectivity index is 2.00. The summed E-state index contributed by atoms with van der Waals surface area (Å²) in [5, 5.41) is 3.77.